The minimum atomic E-state index is 0. The molecule has 0 aromatic rings. The second-order valence-corrected chi connectivity index (χ2v) is 9.05. The molecule has 4 heterocycles. The van der Waals surface area contributed by atoms with Crippen LogP contribution in [0.2, 0.25) is 0 Å². The van der Waals surface area contributed by atoms with Crippen LogP contribution in [0.3, 0.4) is 0 Å². The topological polar surface area (TPSA) is 613 Å². The van der Waals surface area contributed by atoms with Crippen molar-refractivity contribution < 1.29 is 162 Å². The van der Waals surface area contributed by atoms with Crippen LogP contribution in [-0.4, -0.2) is 155 Å². The molecule has 4 aliphatic heterocycles. The summed E-state index contributed by atoms with van der Waals surface area (Å²) < 4.78 is 27.9. The second-order valence-electron chi connectivity index (χ2n) is 9.05. The van der Waals surface area contributed by atoms with Gasteiger partial charge in [-0.3, -0.25) is 0 Å². The van der Waals surface area contributed by atoms with Gasteiger partial charge in [0.25, 0.3) is 0 Å². The van der Waals surface area contributed by atoms with Crippen LogP contribution in [0.15, 0.2) is 0 Å². The molecule has 0 spiro atoms. The molecule has 0 bridgehead atoms. The summed E-state index contributed by atoms with van der Waals surface area (Å²) in [4.78, 5) is 0. The van der Waals surface area contributed by atoms with Crippen LogP contribution in [0, 0.1) is 0 Å². The van der Waals surface area contributed by atoms with Gasteiger partial charge >= 0.3 is 0 Å². The van der Waals surface area contributed by atoms with Crippen molar-refractivity contribution in [2.45, 2.75) is 135 Å². The van der Waals surface area contributed by atoms with Gasteiger partial charge in [0.2, 0.25) is 0 Å². The number of ether oxygens (including phenoxy) is 5. The lowest BCUT2D eigenvalue weighted by molar-refractivity contribution is -0.237. The van der Waals surface area contributed by atoms with E-state index < -0.39 is 0 Å². The Morgan fingerprint density at radius 2 is 0.745 bits per heavy atom. The molecule has 36 N–H and O–H groups in total. The van der Waals surface area contributed by atoms with Gasteiger partial charge in [0.1, 0.15) is 0 Å². The summed E-state index contributed by atoms with van der Waals surface area (Å²) in [6, 6.07) is 0. The van der Waals surface area contributed by atoms with Crippen molar-refractivity contribution >= 4 is 0 Å². The fourth-order valence-corrected chi connectivity index (χ4v) is 4.14. The highest BCUT2D eigenvalue weighted by Crippen LogP contribution is 2.25. The maximum Gasteiger partial charge on any atom is 0.158 e. The largest absolute Gasteiger partial charge is 0.412 e. The quantitative estimate of drug-likeness (QED) is 0.296. The van der Waals surface area contributed by atoms with Gasteiger partial charge < -0.3 is 122 Å². The molecule has 0 radical (unpaired) electrons. The summed E-state index contributed by atoms with van der Waals surface area (Å²) in [6.07, 6.45) is 15.3. The molecule has 0 aromatic heterocycles. The molecule has 0 aliphatic carbocycles. The van der Waals surface area contributed by atoms with Crippen LogP contribution >= 0.6 is 0 Å². The predicted octanol–water partition coefficient (Wildman–Crippen LogP) is -2.32. The summed E-state index contributed by atoms with van der Waals surface area (Å²) in [5.41, 5.74) is 0. The van der Waals surface area contributed by atoms with Gasteiger partial charge in [-0.25, -0.2) is 0 Å². The lowest BCUT2D eigenvalue weighted by Gasteiger charge is -2.35. The number of hydrogen-bond acceptors (Lipinski definition) is 5. The van der Waals surface area contributed by atoms with Crippen LogP contribution < -0.4 is 0 Å². The third kappa shape index (κ3) is 52.1. The highest BCUT2D eigenvalue weighted by molar-refractivity contribution is 4.73. The van der Waals surface area contributed by atoms with Gasteiger partial charge in [0, 0.05) is 59.8 Å². The molecule has 6 unspecified atom stereocenters. The van der Waals surface area contributed by atoms with E-state index in [1.165, 1.54) is 44.9 Å². The highest BCUT2D eigenvalue weighted by atomic mass is 16.7. The maximum atomic E-state index is 5.97. The zero-order chi connectivity index (χ0) is 20.9. The smallest absolute Gasteiger partial charge is 0.158 e. The first-order valence-electron chi connectivity index (χ1n) is 12.2. The molecule has 23 heteroatoms. The summed E-state index contributed by atoms with van der Waals surface area (Å²) in [6.45, 7) is 11.3. The van der Waals surface area contributed by atoms with Gasteiger partial charge in [-0.15, -0.1) is 0 Å². The van der Waals surface area contributed by atoms with Crippen LogP contribution in [0.5, 0.6) is 0 Å². The van der Waals surface area contributed by atoms with E-state index in [4.69, 9.17) is 23.7 Å². The van der Waals surface area contributed by atoms with E-state index in [0.29, 0.717) is 18.3 Å². The van der Waals surface area contributed by atoms with Crippen LogP contribution in [0.4, 0.5) is 0 Å². The molecule has 0 saturated carbocycles. The summed E-state index contributed by atoms with van der Waals surface area (Å²) >= 11 is 0. The Hall–Kier alpha value is -0.920. The molecule has 4 fully saturated rings. The normalized spacial score (nSPS) is 23.5. The van der Waals surface area contributed by atoms with Crippen molar-refractivity contribution in [3.63, 3.8) is 0 Å². The molecular weight excluding hydrogens is 656 g/mol. The van der Waals surface area contributed by atoms with Gasteiger partial charge in [-0.1, -0.05) is 0 Å². The molecule has 23 nitrogen and oxygen atoms in total. The summed E-state index contributed by atoms with van der Waals surface area (Å²) in [5, 5.41) is 0. The fourth-order valence-electron chi connectivity index (χ4n) is 4.14. The lowest BCUT2D eigenvalue weighted by Crippen LogP contribution is -2.39. The molecule has 0 amide bonds. The first kappa shape index (κ1) is 111. The van der Waals surface area contributed by atoms with E-state index in [2.05, 4.69) is 27.7 Å². The molecule has 372 valence electrons. The molecular formula is C24H138O23. The third-order valence-corrected chi connectivity index (χ3v) is 6.11. The summed E-state index contributed by atoms with van der Waals surface area (Å²) in [5.74, 6) is 0. The van der Waals surface area contributed by atoms with Crippen molar-refractivity contribution in [3.05, 3.63) is 0 Å². The van der Waals surface area contributed by atoms with Crippen LogP contribution in [0.1, 0.15) is 138 Å². The van der Waals surface area contributed by atoms with E-state index in [0.717, 1.165) is 45.5 Å². The molecule has 4 saturated heterocycles. The Morgan fingerprint density at radius 3 is 1.02 bits per heavy atom. The van der Waals surface area contributed by atoms with Gasteiger partial charge in [-0.2, -0.15) is 0 Å². The molecule has 4 aliphatic rings. The monoisotopic (exact) mass is 795 g/mol. The van der Waals surface area contributed by atoms with Gasteiger partial charge in [0.05, 0.1) is 30.5 Å². The molecule has 0 aromatic carbocycles. The Labute approximate surface area is 319 Å². The minimum Gasteiger partial charge on any atom is -0.412 e. The lowest BCUT2D eigenvalue weighted by atomic mass is 10.1. The van der Waals surface area contributed by atoms with E-state index in [9.17, 15) is 0 Å². The van der Waals surface area contributed by atoms with Crippen molar-refractivity contribution in [1.29, 1.82) is 0 Å². The Morgan fingerprint density at radius 1 is 0.383 bits per heavy atom. The third-order valence-electron chi connectivity index (χ3n) is 6.11. The summed E-state index contributed by atoms with van der Waals surface area (Å²) in [7, 11) is 0. The predicted molar refractivity (Wildman–Crippen MR) is 240 cm³/mol. The Kier molecular flexibility index (Phi) is 159. The number of rotatable bonds is 2. The standard InChI is InChI=1S/C12H22O3.2C6H12O.18H2O.28H2/c1-9-5-3-7-12(14-9)15-11-6-4-8-13-10(11)2;2*1-6-4-2-3-5-7-6;;;;;;;;;;;;;;;;;;;;;;;;;;;;;;;;;;;;;;;;;;;;;;/h9-12H,3-8H2,1-2H3;2*6H,2-5H2,1H3;18*1H2;28*1H. The van der Waals surface area contributed by atoms with E-state index in [1.54, 1.807) is 0 Å². The number of hydrogen-bond donors (Lipinski definition) is 0. The van der Waals surface area contributed by atoms with Crippen LogP contribution in [0.25, 0.3) is 0 Å². The Bertz CT molecular complexity index is 476. The minimum absolute atomic E-state index is 0. The van der Waals surface area contributed by atoms with E-state index in [1.807, 2.05) is 0 Å². The molecule has 4 rings (SSSR count). The molecule has 47 heavy (non-hydrogen) atoms. The van der Waals surface area contributed by atoms with Crippen LogP contribution in [-0.2, 0) is 23.7 Å². The first-order chi connectivity index (χ1) is 14.0. The first-order valence-corrected chi connectivity index (χ1v) is 12.2. The van der Waals surface area contributed by atoms with Gasteiger partial charge in [0.15, 0.2) is 6.29 Å². The van der Waals surface area contributed by atoms with Crippen molar-refractivity contribution in [1.82, 2.24) is 0 Å². The van der Waals surface area contributed by atoms with Gasteiger partial charge in [-0.05, 0) is 98.3 Å². The van der Waals surface area contributed by atoms with Crippen molar-refractivity contribution in [2.75, 3.05) is 19.8 Å². The average Bonchev–Trinajstić information content (AvgIpc) is 2.72. The SMILES string of the molecule is CC1CCCC(OC2CCCOC2C)O1.CC1CCCCO1.CC1CCCCO1.O.O.O.O.O.O.O.O.O.O.O.O.O.O.O.O.O.O.[HH].[HH].[HH].[HH].[HH].[HH].[HH].[HH].[HH].[HH].[HH].[HH].[HH].[HH].[HH].[HH].[HH].[HH].[HH].[HH].[HH].[HH].[HH].[HH].[HH].[HH].[HH].[HH]. The Balaban J connectivity index is -0.00000000330. The molecule has 6 atom stereocenters. The van der Waals surface area contributed by atoms with E-state index in [-0.39, 0.29) is 157 Å². The second kappa shape index (κ2) is 67.3. The maximum absolute atomic E-state index is 5.97. The fraction of sp³-hybridized carbons (Fsp3) is 1.00. The van der Waals surface area contributed by atoms with E-state index >= 15 is 0 Å². The zero-order valence-electron chi connectivity index (χ0n) is 28.4. The zero-order valence-corrected chi connectivity index (χ0v) is 28.4. The van der Waals surface area contributed by atoms with Crippen molar-refractivity contribution in [3.8, 4) is 0 Å². The highest BCUT2D eigenvalue weighted by Gasteiger charge is 2.28. The average molecular weight is 795 g/mol. The van der Waals surface area contributed by atoms with Crippen molar-refractivity contribution in [2.24, 2.45) is 0 Å².